The molecule has 0 rings (SSSR count). The van der Waals surface area contributed by atoms with Crippen molar-refractivity contribution in [3.63, 3.8) is 0 Å². The molecule has 0 atom stereocenters. The van der Waals surface area contributed by atoms with E-state index in [1.54, 1.807) is 0 Å². The van der Waals surface area contributed by atoms with E-state index in [0.717, 1.165) is 0 Å². The standard InChI is InChI=1S/C6H16ClNSi/c1-3-5-8(9-7)6-4-2/h3-6,9H2,1-2H3. The fourth-order valence-electron chi connectivity index (χ4n) is 0.864. The van der Waals surface area contributed by atoms with Crippen molar-refractivity contribution in [1.82, 2.24) is 4.57 Å². The van der Waals surface area contributed by atoms with Gasteiger partial charge in [-0.05, 0) is 25.9 Å². The minimum Gasteiger partial charge on any atom is -0.317 e. The Morgan fingerprint density at radius 2 is 1.67 bits per heavy atom. The van der Waals surface area contributed by atoms with Gasteiger partial charge in [-0.15, -0.1) is 0 Å². The predicted octanol–water partition coefficient (Wildman–Crippen LogP) is 1.35. The fraction of sp³-hybridized carbons (Fsp3) is 1.00. The fourth-order valence-corrected chi connectivity index (χ4v) is 2.45. The first-order valence-corrected chi connectivity index (χ1v) is 6.40. The van der Waals surface area contributed by atoms with E-state index in [1.165, 1.54) is 25.9 Å². The van der Waals surface area contributed by atoms with Crippen molar-refractivity contribution in [3.05, 3.63) is 0 Å². The van der Waals surface area contributed by atoms with Gasteiger partial charge in [0.1, 0.15) is 0 Å². The number of halogens is 1. The molecule has 0 N–H and O–H groups in total. The van der Waals surface area contributed by atoms with Gasteiger partial charge in [0.25, 0.3) is 0 Å². The van der Waals surface area contributed by atoms with Crippen molar-refractivity contribution in [1.29, 1.82) is 0 Å². The highest BCUT2D eigenvalue weighted by atomic mass is 35.6. The Bertz CT molecular complexity index is 55.0. The summed E-state index contributed by atoms with van der Waals surface area (Å²) in [5, 5.41) is 0. The molecule has 0 aromatic carbocycles. The summed E-state index contributed by atoms with van der Waals surface area (Å²) in [4.78, 5) is 0. The zero-order chi connectivity index (χ0) is 7.11. The first kappa shape index (κ1) is 9.47. The topological polar surface area (TPSA) is 3.24 Å². The summed E-state index contributed by atoms with van der Waals surface area (Å²) >= 11 is 5.79. The zero-order valence-corrected chi connectivity index (χ0v) is 8.53. The number of hydrogen-bond donors (Lipinski definition) is 0. The van der Waals surface area contributed by atoms with Gasteiger partial charge in [0.05, 0.1) is 0 Å². The van der Waals surface area contributed by atoms with Gasteiger partial charge < -0.3 is 4.57 Å². The molecule has 3 heteroatoms. The molecule has 0 aliphatic heterocycles. The van der Waals surface area contributed by atoms with Crippen molar-refractivity contribution in [2.45, 2.75) is 26.7 Å². The number of nitrogens with zero attached hydrogens (tertiary/aromatic N) is 1. The molecular weight excluding hydrogens is 150 g/mol. The van der Waals surface area contributed by atoms with Crippen LogP contribution in [0.15, 0.2) is 0 Å². The molecule has 0 fully saturated rings. The Balaban J connectivity index is 3.18. The maximum Gasteiger partial charge on any atom is 0.198 e. The van der Waals surface area contributed by atoms with Gasteiger partial charge in [0.15, 0.2) is 8.99 Å². The van der Waals surface area contributed by atoms with Crippen molar-refractivity contribution in [2.24, 2.45) is 0 Å². The summed E-state index contributed by atoms with van der Waals surface area (Å²) in [6.07, 6.45) is 2.47. The molecule has 0 bridgehead atoms. The van der Waals surface area contributed by atoms with Crippen LogP contribution in [0.2, 0.25) is 0 Å². The van der Waals surface area contributed by atoms with Crippen molar-refractivity contribution in [3.8, 4) is 0 Å². The van der Waals surface area contributed by atoms with Gasteiger partial charge >= 0.3 is 0 Å². The lowest BCUT2D eigenvalue weighted by molar-refractivity contribution is 0.447. The van der Waals surface area contributed by atoms with Crippen molar-refractivity contribution >= 4 is 20.1 Å². The summed E-state index contributed by atoms with van der Waals surface area (Å²) in [5.41, 5.74) is 0. The van der Waals surface area contributed by atoms with E-state index in [9.17, 15) is 0 Å². The second-order valence-electron chi connectivity index (χ2n) is 2.24. The van der Waals surface area contributed by atoms with E-state index >= 15 is 0 Å². The Kier molecular flexibility index (Phi) is 6.93. The molecule has 0 spiro atoms. The van der Waals surface area contributed by atoms with Gasteiger partial charge in [-0.3, -0.25) is 0 Å². The van der Waals surface area contributed by atoms with Crippen molar-refractivity contribution in [2.75, 3.05) is 13.1 Å². The molecule has 0 radical (unpaired) electrons. The summed E-state index contributed by atoms with van der Waals surface area (Å²) < 4.78 is 2.39. The predicted molar refractivity (Wildman–Crippen MR) is 46.6 cm³/mol. The lowest BCUT2D eigenvalue weighted by Crippen LogP contribution is -2.26. The lowest BCUT2D eigenvalue weighted by atomic mass is 10.4. The highest BCUT2D eigenvalue weighted by Crippen LogP contribution is 1.92. The highest BCUT2D eigenvalue weighted by Gasteiger charge is 1.97. The molecule has 0 saturated carbocycles. The largest absolute Gasteiger partial charge is 0.317 e. The second-order valence-corrected chi connectivity index (χ2v) is 4.09. The van der Waals surface area contributed by atoms with Gasteiger partial charge in [-0.2, -0.15) is 11.1 Å². The SMILES string of the molecule is CCCN(CCC)[SiH2]Cl. The molecule has 0 aromatic rings. The highest BCUT2D eigenvalue weighted by molar-refractivity contribution is 6.92. The number of rotatable bonds is 5. The van der Waals surface area contributed by atoms with Crippen LogP contribution in [-0.2, 0) is 0 Å². The third kappa shape index (κ3) is 4.94. The molecule has 0 unspecified atom stereocenters. The monoisotopic (exact) mass is 165 g/mol. The lowest BCUT2D eigenvalue weighted by Gasteiger charge is -2.16. The molecule has 56 valence electrons. The molecule has 0 aliphatic rings. The van der Waals surface area contributed by atoms with Gasteiger partial charge in [-0.25, -0.2) is 0 Å². The Morgan fingerprint density at radius 1 is 1.22 bits per heavy atom. The van der Waals surface area contributed by atoms with Gasteiger partial charge in [0.2, 0.25) is 0 Å². The first-order valence-electron chi connectivity index (χ1n) is 3.63. The van der Waals surface area contributed by atoms with Crippen LogP contribution >= 0.6 is 11.1 Å². The van der Waals surface area contributed by atoms with Crippen LogP contribution in [0.3, 0.4) is 0 Å². The zero-order valence-electron chi connectivity index (χ0n) is 6.36. The van der Waals surface area contributed by atoms with Gasteiger partial charge in [-0.1, -0.05) is 13.8 Å². The van der Waals surface area contributed by atoms with Crippen LogP contribution < -0.4 is 0 Å². The summed E-state index contributed by atoms with van der Waals surface area (Å²) in [7, 11) is -0.388. The molecular formula is C6H16ClNSi. The molecule has 0 heterocycles. The van der Waals surface area contributed by atoms with Crippen LogP contribution in [-0.4, -0.2) is 26.6 Å². The normalized spacial score (nSPS) is 12.0. The third-order valence-electron chi connectivity index (χ3n) is 1.25. The third-order valence-corrected chi connectivity index (χ3v) is 3.23. The summed E-state index contributed by atoms with van der Waals surface area (Å²) in [6, 6.07) is 0. The average Bonchev–Trinajstić information content (AvgIpc) is 1.88. The van der Waals surface area contributed by atoms with Crippen LogP contribution in [0.4, 0.5) is 0 Å². The van der Waals surface area contributed by atoms with E-state index in [2.05, 4.69) is 18.4 Å². The number of hydrogen-bond acceptors (Lipinski definition) is 1. The molecule has 9 heavy (non-hydrogen) atoms. The Morgan fingerprint density at radius 3 is 1.89 bits per heavy atom. The average molecular weight is 166 g/mol. The first-order chi connectivity index (χ1) is 4.35. The quantitative estimate of drug-likeness (QED) is 0.439. The van der Waals surface area contributed by atoms with Crippen LogP contribution in [0.1, 0.15) is 26.7 Å². The van der Waals surface area contributed by atoms with Crippen LogP contribution in [0.5, 0.6) is 0 Å². The molecule has 0 amide bonds. The minimum atomic E-state index is -0.388. The van der Waals surface area contributed by atoms with E-state index in [0.29, 0.717) is 0 Å². The second kappa shape index (κ2) is 6.58. The Labute approximate surface area is 65.0 Å². The minimum absolute atomic E-state index is 0.388. The molecule has 0 aliphatic carbocycles. The van der Waals surface area contributed by atoms with E-state index in [1.807, 2.05) is 0 Å². The summed E-state index contributed by atoms with van der Waals surface area (Å²) in [6.45, 7) is 6.79. The maximum absolute atomic E-state index is 5.79. The molecule has 1 nitrogen and oxygen atoms in total. The Hall–Kier alpha value is 0.467. The van der Waals surface area contributed by atoms with E-state index in [4.69, 9.17) is 11.1 Å². The summed E-state index contributed by atoms with van der Waals surface area (Å²) in [5.74, 6) is 0. The van der Waals surface area contributed by atoms with Crippen molar-refractivity contribution < 1.29 is 0 Å². The van der Waals surface area contributed by atoms with E-state index < -0.39 is 0 Å². The molecule has 0 saturated heterocycles. The van der Waals surface area contributed by atoms with Crippen LogP contribution in [0, 0.1) is 0 Å². The van der Waals surface area contributed by atoms with Crippen LogP contribution in [0.25, 0.3) is 0 Å². The van der Waals surface area contributed by atoms with E-state index in [-0.39, 0.29) is 8.99 Å². The maximum atomic E-state index is 5.79. The molecule has 0 aromatic heterocycles. The van der Waals surface area contributed by atoms with Gasteiger partial charge in [0, 0.05) is 0 Å². The smallest absolute Gasteiger partial charge is 0.198 e.